The molecule has 1 aliphatic rings. The predicted octanol–water partition coefficient (Wildman–Crippen LogP) is -0.0929. The molecule has 0 spiro atoms. The van der Waals surface area contributed by atoms with Gasteiger partial charge in [-0.2, -0.15) is 0 Å². The van der Waals surface area contributed by atoms with Crippen LogP contribution in [0.15, 0.2) is 12.2 Å². The molecular formula is C10H13NO4. The third kappa shape index (κ3) is 3.93. The minimum Gasteiger partial charge on any atom is -0.461 e. The molecule has 0 aromatic rings. The third-order valence-electron chi connectivity index (χ3n) is 2.09. The van der Waals surface area contributed by atoms with Crippen LogP contribution in [0.25, 0.3) is 0 Å². The molecule has 1 heterocycles. The van der Waals surface area contributed by atoms with E-state index >= 15 is 0 Å². The van der Waals surface area contributed by atoms with Gasteiger partial charge >= 0.3 is 5.97 Å². The highest BCUT2D eigenvalue weighted by molar-refractivity contribution is 5.86. The number of amides is 1. The third-order valence-corrected chi connectivity index (χ3v) is 2.09. The Kier molecular flexibility index (Phi) is 4.53. The molecule has 1 rings (SSSR count). The Labute approximate surface area is 87.7 Å². The number of esters is 1. The van der Waals surface area contributed by atoms with Crippen molar-refractivity contribution in [3.63, 3.8) is 0 Å². The van der Waals surface area contributed by atoms with Gasteiger partial charge in [-0.3, -0.25) is 9.59 Å². The Morgan fingerprint density at radius 3 is 2.93 bits per heavy atom. The van der Waals surface area contributed by atoms with Gasteiger partial charge in [0.1, 0.15) is 12.9 Å². The molecule has 0 N–H and O–H groups in total. The van der Waals surface area contributed by atoms with Crippen LogP contribution in [0.1, 0.15) is 12.8 Å². The molecule has 0 radical (unpaired) electrons. The lowest BCUT2D eigenvalue weighted by Gasteiger charge is -2.14. The molecule has 0 saturated carbocycles. The summed E-state index contributed by atoms with van der Waals surface area (Å²) in [5.41, 5.74) is 0. The summed E-state index contributed by atoms with van der Waals surface area (Å²) in [6.07, 6.45) is 4.09. The van der Waals surface area contributed by atoms with Gasteiger partial charge in [0.2, 0.25) is 5.91 Å². The molecule has 0 atom stereocenters. The van der Waals surface area contributed by atoms with Gasteiger partial charge in [-0.25, -0.2) is 4.79 Å². The van der Waals surface area contributed by atoms with Gasteiger partial charge in [-0.1, -0.05) is 0 Å². The zero-order valence-corrected chi connectivity index (χ0v) is 8.35. The van der Waals surface area contributed by atoms with Crippen LogP contribution in [0.3, 0.4) is 0 Å². The van der Waals surface area contributed by atoms with Gasteiger partial charge in [0.15, 0.2) is 0 Å². The number of allylic oxidation sites excluding steroid dienone is 1. The van der Waals surface area contributed by atoms with Gasteiger partial charge in [0.25, 0.3) is 0 Å². The molecule has 82 valence electrons. The maximum absolute atomic E-state index is 11.1. The SMILES string of the molecule is O=C/C=C\C(=O)OCCN1CCCC1=O. The molecule has 1 aliphatic heterocycles. The van der Waals surface area contributed by atoms with E-state index in [1.807, 2.05) is 0 Å². The van der Waals surface area contributed by atoms with Crippen LogP contribution < -0.4 is 0 Å². The Bertz CT molecular complexity index is 285. The van der Waals surface area contributed by atoms with E-state index in [4.69, 9.17) is 4.74 Å². The van der Waals surface area contributed by atoms with Crippen LogP contribution in [-0.2, 0) is 19.1 Å². The highest BCUT2D eigenvalue weighted by Crippen LogP contribution is 2.08. The minimum atomic E-state index is -0.561. The van der Waals surface area contributed by atoms with E-state index in [-0.39, 0.29) is 12.5 Å². The van der Waals surface area contributed by atoms with E-state index in [0.29, 0.717) is 19.3 Å². The van der Waals surface area contributed by atoms with E-state index in [2.05, 4.69) is 0 Å². The standard InChI is InChI=1S/C10H13NO4/c12-7-2-4-10(14)15-8-6-11-5-1-3-9(11)13/h2,4,7H,1,3,5-6,8H2/b4-2-. The van der Waals surface area contributed by atoms with Crippen LogP contribution in [0, 0.1) is 0 Å². The van der Waals surface area contributed by atoms with Crippen molar-refractivity contribution in [2.45, 2.75) is 12.8 Å². The molecule has 0 bridgehead atoms. The Hall–Kier alpha value is -1.65. The lowest BCUT2D eigenvalue weighted by molar-refractivity contribution is -0.140. The normalized spacial score (nSPS) is 16.0. The monoisotopic (exact) mass is 211 g/mol. The first-order valence-electron chi connectivity index (χ1n) is 4.80. The molecule has 1 saturated heterocycles. The zero-order valence-electron chi connectivity index (χ0n) is 8.35. The molecule has 0 aromatic carbocycles. The predicted molar refractivity (Wildman–Crippen MR) is 52.0 cm³/mol. The van der Waals surface area contributed by atoms with Crippen LogP contribution in [0.5, 0.6) is 0 Å². The number of nitrogens with zero attached hydrogens (tertiary/aromatic N) is 1. The fourth-order valence-electron chi connectivity index (χ4n) is 1.36. The molecule has 5 heteroatoms. The van der Waals surface area contributed by atoms with Gasteiger partial charge in [0, 0.05) is 19.0 Å². The number of hydrogen-bond donors (Lipinski definition) is 0. The van der Waals surface area contributed by atoms with Crippen molar-refractivity contribution in [1.82, 2.24) is 4.90 Å². The first kappa shape index (κ1) is 11.4. The molecular weight excluding hydrogens is 198 g/mol. The summed E-state index contributed by atoms with van der Waals surface area (Å²) >= 11 is 0. The highest BCUT2D eigenvalue weighted by Gasteiger charge is 2.19. The maximum Gasteiger partial charge on any atom is 0.330 e. The lowest BCUT2D eigenvalue weighted by atomic mass is 10.4. The number of carbonyl (C=O) groups is 3. The Morgan fingerprint density at radius 1 is 1.53 bits per heavy atom. The van der Waals surface area contributed by atoms with Crippen LogP contribution in [0.4, 0.5) is 0 Å². The average molecular weight is 211 g/mol. The van der Waals surface area contributed by atoms with Crippen molar-refractivity contribution in [3.05, 3.63) is 12.2 Å². The summed E-state index contributed by atoms with van der Waals surface area (Å²) in [6, 6.07) is 0. The number of hydrogen-bond acceptors (Lipinski definition) is 4. The summed E-state index contributed by atoms with van der Waals surface area (Å²) in [5.74, 6) is -0.455. The summed E-state index contributed by atoms with van der Waals surface area (Å²) in [7, 11) is 0. The number of aldehydes is 1. The van der Waals surface area contributed by atoms with Crippen molar-refractivity contribution in [2.75, 3.05) is 19.7 Å². The van der Waals surface area contributed by atoms with Crippen molar-refractivity contribution in [3.8, 4) is 0 Å². The van der Waals surface area contributed by atoms with Gasteiger partial charge in [-0.05, 0) is 12.5 Å². The number of likely N-dealkylation sites (tertiary alicyclic amines) is 1. The molecule has 0 aliphatic carbocycles. The van der Waals surface area contributed by atoms with E-state index in [1.54, 1.807) is 4.90 Å². The topological polar surface area (TPSA) is 63.7 Å². The number of carbonyl (C=O) groups excluding carboxylic acids is 3. The molecule has 0 aromatic heterocycles. The first-order chi connectivity index (χ1) is 7.24. The summed E-state index contributed by atoms with van der Waals surface area (Å²) < 4.78 is 4.78. The zero-order chi connectivity index (χ0) is 11.1. The minimum absolute atomic E-state index is 0.106. The second-order valence-electron chi connectivity index (χ2n) is 3.15. The van der Waals surface area contributed by atoms with Crippen molar-refractivity contribution < 1.29 is 19.1 Å². The molecule has 1 amide bonds. The number of rotatable bonds is 5. The summed E-state index contributed by atoms with van der Waals surface area (Å²) in [5, 5.41) is 0. The van der Waals surface area contributed by atoms with E-state index < -0.39 is 5.97 Å². The Morgan fingerprint density at radius 2 is 2.33 bits per heavy atom. The highest BCUT2D eigenvalue weighted by atomic mass is 16.5. The van der Waals surface area contributed by atoms with Crippen molar-refractivity contribution >= 4 is 18.2 Å². The fraction of sp³-hybridized carbons (Fsp3) is 0.500. The average Bonchev–Trinajstić information content (AvgIpc) is 2.61. The van der Waals surface area contributed by atoms with E-state index in [1.165, 1.54) is 0 Å². The quantitative estimate of drug-likeness (QED) is 0.362. The second kappa shape index (κ2) is 5.95. The largest absolute Gasteiger partial charge is 0.461 e. The fourth-order valence-corrected chi connectivity index (χ4v) is 1.36. The summed E-state index contributed by atoms with van der Waals surface area (Å²) in [6.45, 7) is 1.34. The van der Waals surface area contributed by atoms with Crippen molar-refractivity contribution in [2.24, 2.45) is 0 Å². The molecule has 15 heavy (non-hydrogen) atoms. The van der Waals surface area contributed by atoms with Crippen LogP contribution in [0.2, 0.25) is 0 Å². The van der Waals surface area contributed by atoms with Gasteiger partial charge in [-0.15, -0.1) is 0 Å². The second-order valence-corrected chi connectivity index (χ2v) is 3.15. The smallest absolute Gasteiger partial charge is 0.330 e. The maximum atomic E-state index is 11.1. The van der Waals surface area contributed by atoms with Gasteiger partial charge in [0.05, 0.1) is 6.54 Å². The molecule has 5 nitrogen and oxygen atoms in total. The molecule has 0 unspecified atom stereocenters. The van der Waals surface area contributed by atoms with E-state index in [0.717, 1.165) is 25.1 Å². The van der Waals surface area contributed by atoms with Crippen molar-refractivity contribution in [1.29, 1.82) is 0 Å². The lowest BCUT2D eigenvalue weighted by Crippen LogP contribution is -2.29. The molecule has 1 fully saturated rings. The van der Waals surface area contributed by atoms with Crippen LogP contribution >= 0.6 is 0 Å². The Balaban J connectivity index is 2.15. The first-order valence-corrected chi connectivity index (χ1v) is 4.80. The number of ether oxygens (including phenoxy) is 1. The van der Waals surface area contributed by atoms with Gasteiger partial charge < -0.3 is 9.64 Å². The summed E-state index contributed by atoms with van der Waals surface area (Å²) in [4.78, 5) is 33.6. The van der Waals surface area contributed by atoms with E-state index in [9.17, 15) is 14.4 Å². The van der Waals surface area contributed by atoms with Crippen LogP contribution in [-0.4, -0.2) is 42.8 Å².